The molecule has 2 aromatic heterocycles. The first-order valence-electron chi connectivity index (χ1n) is 12.0. The number of ether oxygens (including phenoxy) is 2. The van der Waals surface area contributed by atoms with Gasteiger partial charge in [-0.1, -0.05) is 5.92 Å². The molecule has 3 N–H and O–H groups in total. The summed E-state index contributed by atoms with van der Waals surface area (Å²) < 4.78 is 12.8. The average Bonchev–Trinajstić information content (AvgIpc) is 3.48. The number of aromatic amines is 1. The van der Waals surface area contributed by atoms with Crippen molar-refractivity contribution in [2.24, 2.45) is 5.73 Å². The predicted octanol–water partition coefficient (Wildman–Crippen LogP) is 4.43. The molecule has 1 saturated heterocycles. The number of rotatable bonds is 7. The number of nitrogens with two attached hydrogens (primary N) is 1. The zero-order valence-electron chi connectivity index (χ0n) is 20.5. The SMILES string of the molecule is CC#CCN1CCC(c2cnn3c(C(N)=O)c(-c4ccc(Oc5ccc(OC)cc5)cc4)[nH]c23)CC1. The molecule has 0 bridgehead atoms. The minimum atomic E-state index is -0.530. The normalized spacial score (nSPS) is 14.4. The van der Waals surface area contributed by atoms with Crippen LogP contribution in [0.15, 0.2) is 54.7 Å². The Bertz CT molecular complexity index is 1420. The number of H-pyrrole nitrogens is 1. The summed E-state index contributed by atoms with van der Waals surface area (Å²) in [6.45, 7) is 4.66. The molecule has 5 rings (SSSR count). The van der Waals surface area contributed by atoms with Crippen molar-refractivity contribution in [3.63, 3.8) is 0 Å². The fourth-order valence-electron chi connectivity index (χ4n) is 4.74. The van der Waals surface area contributed by atoms with E-state index in [1.165, 1.54) is 0 Å². The number of imidazole rings is 1. The van der Waals surface area contributed by atoms with E-state index in [1.807, 2.05) is 61.7 Å². The molecule has 0 aliphatic carbocycles. The molecule has 3 heterocycles. The van der Waals surface area contributed by atoms with Gasteiger partial charge in [-0.3, -0.25) is 9.69 Å². The smallest absolute Gasteiger partial charge is 0.269 e. The maximum absolute atomic E-state index is 12.4. The summed E-state index contributed by atoms with van der Waals surface area (Å²) in [4.78, 5) is 18.3. The van der Waals surface area contributed by atoms with Gasteiger partial charge < -0.3 is 20.2 Å². The molecular weight excluding hydrogens is 454 g/mol. The van der Waals surface area contributed by atoms with Gasteiger partial charge in [0.15, 0.2) is 5.69 Å². The van der Waals surface area contributed by atoms with E-state index in [2.05, 4.69) is 26.8 Å². The van der Waals surface area contributed by atoms with Gasteiger partial charge in [-0.2, -0.15) is 5.10 Å². The summed E-state index contributed by atoms with van der Waals surface area (Å²) in [5.41, 5.74) is 9.56. The number of carbonyl (C=O) groups is 1. The van der Waals surface area contributed by atoms with Crippen LogP contribution in [0, 0.1) is 11.8 Å². The maximum Gasteiger partial charge on any atom is 0.269 e. The van der Waals surface area contributed by atoms with Gasteiger partial charge in [0.2, 0.25) is 0 Å². The Balaban J connectivity index is 1.39. The van der Waals surface area contributed by atoms with E-state index in [1.54, 1.807) is 11.6 Å². The van der Waals surface area contributed by atoms with Crippen LogP contribution in [-0.4, -0.2) is 52.1 Å². The van der Waals surface area contributed by atoms with Crippen molar-refractivity contribution in [3.8, 4) is 40.3 Å². The Labute approximate surface area is 210 Å². The lowest BCUT2D eigenvalue weighted by Gasteiger charge is -2.30. The number of nitrogens with zero attached hydrogens (tertiary/aromatic N) is 3. The van der Waals surface area contributed by atoms with Crippen LogP contribution in [0.5, 0.6) is 17.2 Å². The molecule has 0 unspecified atom stereocenters. The number of likely N-dealkylation sites (tertiary alicyclic amines) is 1. The van der Waals surface area contributed by atoms with Crippen molar-refractivity contribution >= 4 is 11.6 Å². The first-order valence-corrected chi connectivity index (χ1v) is 12.0. The van der Waals surface area contributed by atoms with Crippen LogP contribution in [-0.2, 0) is 0 Å². The molecule has 2 aromatic carbocycles. The maximum atomic E-state index is 12.4. The van der Waals surface area contributed by atoms with Crippen molar-refractivity contribution in [2.45, 2.75) is 25.7 Å². The van der Waals surface area contributed by atoms with Crippen LogP contribution in [0.25, 0.3) is 16.9 Å². The van der Waals surface area contributed by atoms with Crippen LogP contribution in [0.4, 0.5) is 0 Å². The number of carbonyl (C=O) groups excluding carboxylic acids is 1. The predicted molar refractivity (Wildman–Crippen MR) is 138 cm³/mol. The highest BCUT2D eigenvalue weighted by Crippen LogP contribution is 2.34. The van der Waals surface area contributed by atoms with E-state index in [9.17, 15) is 4.79 Å². The molecule has 8 nitrogen and oxygen atoms in total. The second-order valence-corrected chi connectivity index (χ2v) is 8.85. The number of fused-ring (bicyclic) bond motifs is 1. The Hall–Kier alpha value is -4.22. The van der Waals surface area contributed by atoms with Gasteiger partial charge >= 0.3 is 0 Å². The Morgan fingerprint density at radius 2 is 1.72 bits per heavy atom. The van der Waals surface area contributed by atoms with Crippen molar-refractivity contribution in [1.29, 1.82) is 0 Å². The molecule has 0 saturated carbocycles. The fraction of sp³-hybridized carbons (Fsp3) is 0.286. The topological polar surface area (TPSA) is 97.9 Å². The van der Waals surface area contributed by atoms with E-state index in [0.717, 1.165) is 55.0 Å². The summed E-state index contributed by atoms with van der Waals surface area (Å²) in [6, 6.07) is 14.9. The molecule has 184 valence electrons. The largest absolute Gasteiger partial charge is 0.497 e. The highest BCUT2D eigenvalue weighted by molar-refractivity contribution is 5.98. The van der Waals surface area contributed by atoms with E-state index < -0.39 is 5.91 Å². The lowest BCUT2D eigenvalue weighted by atomic mass is 9.91. The third-order valence-electron chi connectivity index (χ3n) is 6.67. The molecule has 4 aromatic rings. The van der Waals surface area contributed by atoms with Gasteiger partial charge in [0.25, 0.3) is 5.91 Å². The third kappa shape index (κ3) is 4.66. The molecule has 0 spiro atoms. The standard InChI is InChI=1S/C28H29N5O3/c1-3-4-15-32-16-13-19(14-17-32)24-18-30-33-26(27(29)34)25(31-28(24)33)20-5-7-22(8-6-20)36-23-11-9-21(35-2)10-12-23/h5-12,18-19,31H,13-17H2,1-2H3,(H2,29,34). The highest BCUT2D eigenvalue weighted by atomic mass is 16.5. The lowest BCUT2D eigenvalue weighted by Crippen LogP contribution is -2.33. The summed E-state index contributed by atoms with van der Waals surface area (Å²) in [5.74, 6) is 8.10. The molecule has 36 heavy (non-hydrogen) atoms. The Kier molecular flexibility index (Phi) is 6.65. The minimum absolute atomic E-state index is 0.343. The van der Waals surface area contributed by atoms with Crippen LogP contribution in [0.1, 0.15) is 41.7 Å². The molecule has 0 radical (unpaired) electrons. The van der Waals surface area contributed by atoms with Crippen LogP contribution in [0.2, 0.25) is 0 Å². The number of primary amides is 1. The zero-order chi connectivity index (χ0) is 25.1. The van der Waals surface area contributed by atoms with Crippen molar-refractivity contribution in [2.75, 3.05) is 26.7 Å². The lowest BCUT2D eigenvalue weighted by molar-refractivity contribution is 0.0994. The second-order valence-electron chi connectivity index (χ2n) is 8.85. The number of hydrogen-bond donors (Lipinski definition) is 2. The quantitative estimate of drug-likeness (QED) is 0.379. The molecular formula is C28H29N5O3. The van der Waals surface area contributed by atoms with E-state index in [-0.39, 0.29) is 0 Å². The van der Waals surface area contributed by atoms with Gasteiger partial charge in [-0.05, 0) is 87.3 Å². The summed E-state index contributed by atoms with van der Waals surface area (Å²) >= 11 is 0. The van der Waals surface area contributed by atoms with Crippen molar-refractivity contribution in [3.05, 3.63) is 66.0 Å². The number of piperidine rings is 1. The Morgan fingerprint density at radius 1 is 1.08 bits per heavy atom. The average molecular weight is 484 g/mol. The van der Waals surface area contributed by atoms with Gasteiger partial charge in [-0.15, -0.1) is 5.92 Å². The van der Waals surface area contributed by atoms with Gasteiger partial charge in [0.05, 0.1) is 25.5 Å². The summed E-state index contributed by atoms with van der Waals surface area (Å²) in [7, 11) is 1.63. The van der Waals surface area contributed by atoms with Gasteiger partial charge in [-0.25, -0.2) is 4.52 Å². The van der Waals surface area contributed by atoms with E-state index in [0.29, 0.717) is 28.8 Å². The number of amides is 1. The zero-order valence-corrected chi connectivity index (χ0v) is 20.5. The molecule has 0 atom stereocenters. The second kappa shape index (κ2) is 10.2. The third-order valence-corrected chi connectivity index (χ3v) is 6.67. The number of hydrogen-bond acceptors (Lipinski definition) is 5. The van der Waals surface area contributed by atoms with Gasteiger partial charge in [0.1, 0.15) is 22.9 Å². The van der Waals surface area contributed by atoms with Crippen LogP contribution < -0.4 is 15.2 Å². The number of nitrogens with one attached hydrogen (secondary N) is 1. The monoisotopic (exact) mass is 483 g/mol. The molecule has 1 amide bonds. The van der Waals surface area contributed by atoms with Gasteiger partial charge in [0, 0.05) is 11.1 Å². The summed E-state index contributed by atoms with van der Waals surface area (Å²) in [5, 5.41) is 4.53. The number of aromatic nitrogens is 3. The Morgan fingerprint density at radius 3 is 2.33 bits per heavy atom. The first-order chi connectivity index (χ1) is 17.6. The van der Waals surface area contributed by atoms with E-state index >= 15 is 0 Å². The minimum Gasteiger partial charge on any atom is -0.497 e. The fourth-order valence-corrected chi connectivity index (χ4v) is 4.74. The molecule has 1 aliphatic rings. The molecule has 1 fully saturated rings. The molecule has 8 heteroatoms. The van der Waals surface area contributed by atoms with Crippen LogP contribution in [0.3, 0.4) is 0 Å². The molecule has 1 aliphatic heterocycles. The summed E-state index contributed by atoms with van der Waals surface area (Å²) in [6.07, 6.45) is 3.90. The van der Waals surface area contributed by atoms with Crippen LogP contribution >= 0.6 is 0 Å². The van der Waals surface area contributed by atoms with E-state index in [4.69, 9.17) is 15.2 Å². The first kappa shape index (κ1) is 23.5. The number of methoxy groups -OCH3 is 1. The highest BCUT2D eigenvalue weighted by Gasteiger charge is 2.27. The number of benzene rings is 2. The van der Waals surface area contributed by atoms with Crippen molar-refractivity contribution in [1.82, 2.24) is 19.5 Å². The van der Waals surface area contributed by atoms with Crippen molar-refractivity contribution < 1.29 is 14.3 Å².